The van der Waals surface area contributed by atoms with E-state index < -0.39 is 0 Å². The van der Waals surface area contributed by atoms with Crippen LogP contribution in [0.3, 0.4) is 0 Å². The fraction of sp³-hybridized carbons (Fsp3) is 0.154. The van der Waals surface area contributed by atoms with Gasteiger partial charge < -0.3 is 5.48 Å². The first-order chi connectivity index (χ1) is 14.6. The van der Waals surface area contributed by atoms with Crippen molar-refractivity contribution in [3.05, 3.63) is 106 Å². The highest BCUT2D eigenvalue weighted by Crippen LogP contribution is 2.24. The van der Waals surface area contributed by atoms with Crippen molar-refractivity contribution in [2.75, 3.05) is 0 Å². The third-order valence-corrected chi connectivity index (χ3v) is 4.81. The molecule has 5 nitrogen and oxygen atoms in total. The van der Waals surface area contributed by atoms with Crippen molar-refractivity contribution in [2.45, 2.75) is 25.7 Å². The Hall–Kier alpha value is -3.88. The second-order valence-electron chi connectivity index (χ2n) is 6.99. The number of ketones is 2. The van der Waals surface area contributed by atoms with Gasteiger partial charge in [0.05, 0.1) is 0 Å². The van der Waals surface area contributed by atoms with Crippen molar-refractivity contribution < 1.29 is 24.7 Å². The first kappa shape index (κ1) is 23.4. The van der Waals surface area contributed by atoms with Gasteiger partial charge in [-0.25, -0.2) is 9.59 Å². The standard InChI is InChI=1S/2C13H10O2.H2O/c2*14-9-10-4-6-11(7-5-10)12-2-1-3-13(15)8-12;/h2*1-2,4,6-8H,3,5H2;1H2. The number of hydrogen-bond acceptors (Lipinski definition) is 4. The van der Waals surface area contributed by atoms with E-state index in [0.717, 1.165) is 22.3 Å². The van der Waals surface area contributed by atoms with Crippen molar-refractivity contribution in [1.82, 2.24) is 0 Å². The van der Waals surface area contributed by atoms with Crippen LogP contribution < -0.4 is 0 Å². The van der Waals surface area contributed by atoms with Gasteiger partial charge in [-0.2, -0.15) is 0 Å². The molecule has 0 unspecified atom stereocenters. The van der Waals surface area contributed by atoms with Crippen LogP contribution in [0.25, 0.3) is 0 Å². The van der Waals surface area contributed by atoms with Gasteiger partial charge in [0.1, 0.15) is 11.9 Å². The van der Waals surface area contributed by atoms with Gasteiger partial charge in [0.25, 0.3) is 0 Å². The van der Waals surface area contributed by atoms with E-state index >= 15 is 0 Å². The van der Waals surface area contributed by atoms with E-state index in [9.17, 15) is 19.2 Å². The topological polar surface area (TPSA) is 99.8 Å². The molecule has 0 fully saturated rings. The van der Waals surface area contributed by atoms with E-state index in [4.69, 9.17) is 0 Å². The van der Waals surface area contributed by atoms with Crippen molar-refractivity contribution >= 4 is 23.4 Å². The molecule has 31 heavy (non-hydrogen) atoms. The van der Waals surface area contributed by atoms with Gasteiger partial charge in [0.2, 0.25) is 0 Å². The highest BCUT2D eigenvalue weighted by molar-refractivity contribution is 5.95. The minimum Gasteiger partial charge on any atom is -0.412 e. The fourth-order valence-electron chi connectivity index (χ4n) is 3.20. The Kier molecular flexibility index (Phi) is 8.56. The maximum atomic E-state index is 11.2. The lowest BCUT2D eigenvalue weighted by Crippen LogP contribution is -2.00. The number of carbonyl (C=O) groups is 2. The summed E-state index contributed by atoms with van der Waals surface area (Å²) in [5, 5.41) is 0. The lowest BCUT2D eigenvalue weighted by molar-refractivity contribution is -0.114. The minimum atomic E-state index is 0. The zero-order valence-electron chi connectivity index (χ0n) is 16.9. The Morgan fingerprint density at radius 1 is 0.548 bits per heavy atom. The van der Waals surface area contributed by atoms with Gasteiger partial charge in [-0.05, 0) is 46.6 Å². The van der Waals surface area contributed by atoms with Crippen LogP contribution in [0.5, 0.6) is 0 Å². The van der Waals surface area contributed by atoms with Crippen molar-refractivity contribution in [2.24, 2.45) is 0 Å². The SMILES string of the molecule is O.O=C=C1C=CC(C2=CC(=O)CC=C2)=CC1.O=C=C1C=CC(C2=CC(=O)CC=C2)=CC1. The monoisotopic (exact) mass is 414 g/mol. The summed E-state index contributed by atoms with van der Waals surface area (Å²) in [6.45, 7) is 0. The minimum absolute atomic E-state index is 0. The average molecular weight is 414 g/mol. The molecule has 156 valence electrons. The lowest BCUT2D eigenvalue weighted by atomic mass is 9.93. The maximum absolute atomic E-state index is 11.2. The van der Waals surface area contributed by atoms with Crippen LogP contribution in [0.4, 0.5) is 0 Å². The number of hydrogen-bond donors (Lipinski definition) is 0. The van der Waals surface area contributed by atoms with Crippen LogP contribution in [0.2, 0.25) is 0 Å². The second-order valence-corrected chi connectivity index (χ2v) is 6.99. The molecule has 0 heterocycles. The Bertz CT molecular complexity index is 1030. The van der Waals surface area contributed by atoms with Gasteiger partial charge in [-0.3, -0.25) is 9.59 Å². The first-order valence-electron chi connectivity index (χ1n) is 9.66. The van der Waals surface area contributed by atoms with Gasteiger partial charge in [-0.15, -0.1) is 0 Å². The van der Waals surface area contributed by atoms with Crippen LogP contribution >= 0.6 is 0 Å². The summed E-state index contributed by atoms with van der Waals surface area (Å²) >= 11 is 0. The van der Waals surface area contributed by atoms with E-state index in [0.29, 0.717) is 36.8 Å². The molecule has 2 N–H and O–H groups in total. The Balaban J connectivity index is 0.000000213. The molecule has 4 rings (SSSR count). The number of rotatable bonds is 2. The van der Waals surface area contributed by atoms with Crippen LogP contribution in [0, 0.1) is 0 Å². The Morgan fingerprint density at radius 3 is 1.26 bits per heavy atom. The van der Waals surface area contributed by atoms with E-state index in [-0.39, 0.29) is 17.0 Å². The smallest absolute Gasteiger partial charge is 0.160 e. The summed E-state index contributed by atoms with van der Waals surface area (Å²) in [6, 6.07) is 0. The molecule has 0 radical (unpaired) electrons. The predicted octanol–water partition coefficient (Wildman–Crippen LogP) is 3.35. The highest BCUT2D eigenvalue weighted by Gasteiger charge is 2.10. The number of carbonyl (C=O) groups excluding carboxylic acids is 4. The zero-order valence-corrected chi connectivity index (χ0v) is 16.9. The molecular formula is C26H22O5. The van der Waals surface area contributed by atoms with Crippen LogP contribution in [-0.4, -0.2) is 28.9 Å². The van der Waals surface area contributed by atoms with Gasteiger partial charge in [-0.1, -0.05) is 48.6 Å². The van der Waals surface area contributed by atoms with Crippen molar-refractivity contribution in [3.8, 4) is 0 Å². The quantitative estimate of drug-likeness (QED) is 0.647. The molecule has 0 spiro atoms. The van der Waals surface area contributed by atoms with Crippen LogP contribution in [-0.2, 0) is 19.2 Å². The molecule has 0 aromatic rings. The molecule has 0 aliphatic heterocycles. The Labute approximate surface area is 180 Å². The molecule has 5 heteroatoms. The summed E-state index contributed by atoms with van der Waals surface area (Å²) in [6.07, 6.45) is 24.1. The average Bonchev–Trinajstić information content (AvgIpc) is 2.80. The Morgan fingerprint density at radius 2 is 0.968 bits per heavy atom. The lowest BCUT2D eigenvalue weighted by Gasteiger charge is -2.10. The first-order valence-corrected chi connectivity index (χ1v) is 9.66. The summed E-state index contributed by atoms with van der Waals surface area (Å²) in [5.74, 6) is 3.98. The molecule has 0 aromatic carbocycles. The largest absolute Gasteiger partial charge is 0.412 e. The van der Waals surface area contributed by atoms with E-state index in [1.54, 1.807) is 24.3 Å². The number of allylic oxidation sites excluding steroid dienone is 18. The predicted molar refractivity (Wildman–Crippen MR) is 119 cm³/mol. The maximum Gasteiger partial charge on any atom is 0.160 e. The molecule has 4 aliphatic rings. The normalized spacial score (nSPS) is 19.1. The van der Waals surface area contributed by atoms with Crippen LogP contribution in [0.1, 0.15) is 25.7 Å². The highest BCUT2D eigenvalue weighted by atomic mass is 16.1. The van der Waals surface area contributed by atoms with E-state index in [1.165, 1.54) is 0 Å². The van der Waals surface area contributed by atoms with E-state index in [2.05, 4.69) is 0 Å². The van der Waals surface area contributed by atoms with Crippen molar-refractivity contribution in [1.29, 1.82) is 0 Å². The molecule has 0 saturated heterocycles. The van der Waals surface area contributed by atoms with Crippen LogP contribution in [0.15, 0.2) is 106 Å². The zero-order chi connectivity index (χ0) is 21.3. The summed E-state index contributed by atoms with van der Waals surface area (Å²) in [5.41, 5.74) is 5.13. The summed E-state index contributed by atoms with van der Waals surface area (Å²) in [4.78, 5) is 43.1. The summed E-state index contributed by atoms with van der Waals surface area (Å²) in [7, 11) is 0. The third-order valence-electron chi connectivity index (χ3n) is 4.81. The molecular weight excluding hydrogens is 392 g/mol. The summed E-state index contributed by atoms with van der Waals surface area (Å²) < 4.78 is 0. The molecule has 0 saturated carbocycles. The van der Waals surface area contributed by atoms with Crippen molar-refractivity contribution in [3.63, 3.8) is 0 Å². The molecule has 0 aromatic heterocycles. The third kappa shape index (κ3) is 6.56. The molecule has 4 aliphatic carbocycles. The molecule has 0 bridgehead atoms. The van der Waals surface area contributed by atoms with Gasteiger partial charge in [0.15, 0.2) is 11.6 Å². The fourth-order valence-corrected chi connectivity index (χ4v) is 3.20. The second kappa shape index (κ2) is 11.3. The molecule has 0 atom stereocenters. The molecule has 0 amide bonds. The van der Waals surface area contributed by atoms with Gasteiger partial charge in [0, 0.05) is 36.8 Å². The van der Waals surface area contributed by atoms with Gasteiger partial charge >= 0.3 is 0 Å². The van der Waals surface area contributed by atoms with E-state index in [1.807, 2.05) is 60.5 Å².